The van der Waals surface area contributed by atoms with Crippen LogP contribution in [0.15, 0.2) is 35.7 Å². The van der Waals surface area contributed by atoms with Crippen LogP contribution in [0.25, 0.3) is 10.4 Å². The molecule has 0 bridgehead atoms. The molecule has 0 saturated carbocycles. The molecule has 0 amide bonds. The highest BCUT2D eigenvalue weighted by Crippen LogP contribution is 2.26. The van der Waals surface area contributed by atoms with E-state index >= 15 is 0 Å². The lowest BCUT2D eigenvalue weighted by atomic mass is 10.1. The average molecular weight is 249 g/mol. The normalized spacial score (nSPS) is 10.7. The van der Waals surface area contributed by atoms with E-state index in [2.05, 4.69) is 18.3 Å². The molecule has 1 nitrogen and oxygen atoms in total. The van der Waals surface area contributed by atoms with E-state index in [-0.39, 0.29) is 5.82 Å². The topological polar surface area (TPSA) is 12.0 Å². The summed E-state index contributed by atoms with van der Waals surface area (Å²) in [4.78, 5) is 1.18. The van der Waals surface area contributed by atoms with Gasteiger partial charge in [-0.15, -0.1) is 11.3 Å². The van der Waals surface area contributed by atoms with E-state index in [9.17, 15) is 4.39 Å². The first-order valence-corrected chi connectivity index (χ1v) is 6.72. The zero-order chi connectivity index (χ0) is 12.1. The number of benzene rings is 1. The standard InChI is InChI=1S/C14H16FNS/c1-2-7-16-10-12-9-11(5-6-13(12)15)14-4-3-8-17-14/h3-6,8-9,16H,2,7,10H2,1H3. The van der Waals surface area contributed by atoms with Crippen LogP contribution < -0.4 is 5.32 Å². The van der Waals surface area contributed by atoms with Gasteiger partial charge in [-0.2, -0.15) is 0 Å². The van der Waals surface area contributed by atoms with Gasteiger partial charge in [-0.1, -0.05) is 19.1 Å². The van der Waals surface area contributed by atoms with Crippen LogP contribution >= 0.6 is 11.3 Å². The van der Waals surface area contributed by atoms with Crippen LogP contribution in [0.1, 0.15) is 18.9 Å². The van der Waals surface area contributed by atoms with Crippen molar-refractivity contribution in [2.45, 2.75) is 19.9 Å². The summed E-state index contributed by atoms with van der Waals surface area (Å²) >= 11 is 1.68. The van der Waals surface area contributed by atoms with Gasteiger partial charge in [-0.05, 0) is 42.1 Å². The molecule has 1 heterocycles. The van der Waals surface area contributed by atoms with E-state index in [1.54, 1.807) is 17.4 Å². The molecule has 0 aliphatic carbocycles. The Balaban J connectivity index is 2.18. The Kier molecular flexibility index (Phi) is 4.29. The van der Waals surface area contributed by atoms with Crippen molar-refractivity contribution in [2.75, 3.05) is 6.54 Å². The number of hydrogen-bond donors (Lipinski definition) is 1. The first-order chi connectivity index (χ1) is 8.31. The second kappa shape index (κ2) is 5.94. The summed E-state index contributed by atoms with van der Waals surface area (Å²) < 4.78 is 13.6. The van der Waals surface area contributed by atoms with Gasteiger partial charge in [0.2, 0.25) is 0 Å². The molecule has 0 spiro atoms. The Morgan fingerprint density at radius 3 is 2.88 bits per heavy atom. The molecule has 0 aliphatic heterocycles. The van der Waals surface area contributed by atoms with Crippen molar-refractivity contribution in [3.8, 4) is 10.4 Å². The predicted octanol–water partition coefficient (Wildman–Crippen LogP) is 4.05. The summed E-state index contributed by atoms with van der Waals surface area (Å²) in [7, 11) is 0. The van der Waals surface area contributed by atoms with Gasteiger partial charge in [0.25, 0.3) is 0 Å². The van der Waals surface area contributed by atoms with Crippen LogP contribution in [0.2, 0.25) is 0 Å². The molecule has 1 N–H and O–H groups in total. The summed E-state index contributed by atoms with van der Waals surface area (Å²) in [5.41, 5.74) is 1.83. The number of thiophene rings is 1. The van der Waals surface area contributed by atoms with Crippen LogP contribution in [0.3, 0.4) is 0 Å². The van der Waals surface area contributed by atoms with Gasteiger partial charge in [0.05, 0.1) is 0 Å². The molecule has 0 atom stereocenters. The van der Waals surface area contributed by atoms with E-state index in [0.29, 0.717) is 6.54 Å². The van der Waals surface area contributed by atoms with Crippen molar-refractivity contribution in [1.82, 2.24) is 5.32 Å². The highest BCUT2D eigenvalue weighted by atomic mass is 32.1. The van der Waals surface area contributed by atoms with Crippen LogP contribution in [0.5, 0.6) is 0 Å². The zero-order valence-corrected chi connectivity index (χ0v) is 10.7. The SMILES string of the molecule is CCCNCc1cc(-c2cccs2)ccc1F. The Labute approximate surface area is 105 Å². The molecule has 0 saturated heterocycles. The maximum atomic E-state index is 13.6. The second-order valence-corrected chi connectivity index (χ2v) is 4.91. The predicted molar refractivity (Wildman–Crippen MR) is 71.7 cm³/mol. The molecule has 3 heteroatoms. The molecule has 0 radical (unpaired) electrons. The van der Waals surface area contributed by atoms with E-state index < -0.39 is 0 Å². The van der Waals surface area contributed by atoms with Crippen molar-refractivity contribution in [3.05, 3.63) is 47.1 Å². The monoisotopic (exact) mass is 249 g/mol. The first-order valence-electron chi connectivity index (χ1n) is 5.84. The Bertz CT molecular complexity index is 465. The summed E-state index contributed by atoms with van der Waals surface area (Å²) in [6.07, 6.45) is 1.06. The van der Waals surface area contributed by atoms with Crippen LogP contribution in [-0.4, -0.2) is 6.54 Å². The second-order valence-electron chi connectivity index (χ2n) is 3.96. The van der Waals surface area contributed by atoms with Crippen molar-refractivity contribution >= 4 is 11.3 Å². The summed E-state index contributed by atoms with van der Waals surface area (Å²) in [6, 6.07) is 9.39. The third kappa shape index (κ3) is 3.14. The lowest BCUT2D eigenvalue weighted by Crippen LogP contribution is -2.14. The molecule has 1 aromatic carbocycles. The van der Waals surface area contributed by atoms with Gasteiger partial charge in [-0.3, -0.25) is 0 Å². The fourth-order valence-electron chi connectivity index (χ4n) is 1.71. The molecule has 17 heavy (non-hydrogen) atoms. The van der Waals surface area contributed by atoms with Crippen molar-refractivity contribution < 1.29 is 4.39 Å². The van der Waals surface area contributed by atoms with Gasteiger partial charge in [-0.25, -0.2) is 4.39 Å². The van der Waals surface area contributed by atoms with Crippen molar-refractivity contribution in [2.24, 2.45) is 0 Å². The third-order valence-corrected chi connectivity index (χ3v) is 3.51. The summed E-state index contributed by atoms with van der Waals surface area (Å²) in [5, 5.41) is 5.26. The molecule has 0 fully saturated rings. The molecule has 90 valence electrons. The summed E-state index contributed by atoms with van der Waals surface area (Å²) in [5.74, 6) is -0.131. The molecular formula is C14H16FNS. The zero-order valence-electron chi connectivity index (χ0n) is 9.87. The maximum Gasteiger partial charge on any atom is 0.127 e. The minimum Gasteiger partial charge on any atom is -0.313 e. The number of halogens is 1. The lowest BCUT2D eigenvalue weighted by Gasteiger charge is -2.07. The Hall–Kier alpha value is -1.19. The molecule has 2 aromatic rings. The third-order valence-electron chi connectivity index (χ3n) is 2.59. The number of hydrogen-bond acceptors (Lipinski definition) is 2. The van der Waals surface area contributed by atoms with Gasteiger partial charge in [0.15, 0.2) is 0 Å². The van der Waals surface area contributed by atoms with Crippen LogP contribution in [0.4, 0.5) is 4.39 Å². The van der Waals surface area contributed by atoms with Gasteiger partial charge >= 0.3 is 0 Å². The lowest BCUT2D eigenvalue weighted by molar-refractivity contribution is 0.587. The quantitative estimate of drug-likeness (QED) is 0.788. The van der Waals surface area contributed by atoms with Gasteiger partial charge in [0, 0.05) is 17.0 Å². The number of nitrogens with one attached hydrogen (secondary N) is 1. The fourth-order valence-corrected chi connectivity index (χ4v) is 2.43. The van der Waals surface area contributed by atoms with Crippen molar-refractivity contribution in [1.29, 1.82) is 0 Å². The molecule has 0 unspecified atom stereocenters. The minimum atomic E-state index is -0.131. The minimum absolute atomic E-state index is 0.131. The molecule has 1 aromatic heterocycles. The highest BCUT2D eigenvalue weighted by Gasteiger charge is 2.05. The van der Waals surface area contributed by atoms with Crippen molar-refractivity contribution in [3.63, 3.8) is 0 Å². The first kappa shape index (κ1) is 12.3. The molecule has 0 aliphatic rings. The Morgan fingerprint density at radius 2 is 2.18 bits per heavy atom. The molecule has 2 rings (SSSR count). The average Bonchev–Trinajstić information content (AvgIpc) is 2.85. The van der Waals surface area contributed by atoms with E-state index in [0.717, 1.165) is 24.1 Å². The van der Waals surface area contributed by atoms with Crippen LogP contribution in [-0.2, 0) is 6.54 Å². The van der Waals surface area contributed by atoms with Gasteiger partial charge in [0.1, 0.15) is 5.82 Å². The Morgan fingerprint density at radius 1 is 1.29 bits per heavy atom. The molecular weight excluding hydrogens is 233 g/mol. The van der Waals surface area contributed by atoms with Crippen LogP contribution in [0, 0.1) is 5.82 Å². The fraction of sp³-hybridized carbons (Fsp3) is 0.286. The largest absolute Gasteiger partial charge is 0.313 e. The van der Waals surface area contributed by atoms with E-state index in [4.69, 9.17) is 0 Å². The number of rotatable bonds is 5. The van der Waals surface area contributed by atoms with E-state index in [1.807, 2.05) is 23.6 Å². The maximum absolute atomic E-state index is 13.6. The highest BCUT2D eigenvalue weighted by molar-refractivity contribution is 7.13. The van der Waals surface area contributed by atoms with E-state index in [1.165, 1.54) is 4.88 Å². The summed E-state index contributed by atoms with van der Waals surface area (Å²) in [6.45, 7) is 3.62. The smallest absolute Gasteiger partial charge is 0.127 e. The van der Waals surface area contributed by atoms with Gasteiger partial charge < -0.3 is 5.32 Å².